The lowest BCUT2D eigenvalue weighted by molar-refractivity contribution is -0.216. The highest BCUT2D eigenvalue weighted by Gasteiger charge is 2.44. The molecule has 0 fully saturated rings. The lowest BCUT2D eigenvalue weighted by Gasteiger charge is -2.15. The molecule has 0 spiro atoms. The number of hydrogen-bond donors (Lipinski definition) is 0. The van der Waals surface area contributed by atoms with Gasteiger partial charge in [0.2, 0.25) is 0 Å². The third kappa shape index (κ3) is 3.51. The maximum atomic E-state index is 13.1. The zero-order valence-electron chi connectivity index (χ0n) is 8.98. The van der Waals surface area contributed by atoms with Crippen molar-refractivity contribution in [3.8, 4) is 5.75 Å². The summed E-state index contributed by atoms with van der Waals surface area (Å²) in [6, 6.07) is 5.09. The Kier molecular flexibility index (Phi) is 4.14. The summed E-state index contributed by atoms with van der Waals surface area (Å²) in [5.74, 6) is -2.05. The van der Waals surface area contributed by atoms with E-state index < -0.39 is 12.1 Å². The Morgan fingerprint density at radius 1 is 1.47 bits per heavy atom. The molecule has 0 radical (unpaired) electrons. The van der Waals surface area contributed by atoms with Crippen molar-refractivity contribution < 1.29 is 27.8 Å². The highest BCUT2D eigenvalue weighted by atomic mass is 19.3. The highest BCUT2D eigenvalue weighted by Crippen LogP contribution is 2.23. The quantitative estimate of drug-likeness (QED) is 0.587. The first kappa shape index (κ1) is 13.1. The standard InChI is InChI=1S/C11H10F2O4/c1-2-16-10(15)11(12,13)17-9-5-3-4-8(6-9)7-14/h3-7H,2H2,1H3. The Morgan fingerprint density at radius 2 is 2.18 bits per heavy atom. The van der Waals surface area contributed by atoms with Crippen LogP contribution in [0.2, 0.25) is 0 Å². The minimum Gasteiger partial charge on any atom is -0.459 e. The molecule has 4 nitrogen and oxygen atoms in total. The number of rotatable bonds is 5. The van der Waals surface area contributed by atoms with Gasteiger partial charge in [-0.2, -0.15) is 8.78 Å². The average Bonchev–Trinajstić information content (AvgIpc) is 2.29. The van der Waals surface area contributed by atoms with Crippen molar-refractivity contribution in [1.82, 2.24) is 0 Å². The Hall–Kier alpha value is -1.98. The molecule has 1 aromatic carbocycles. The van der Waals surface area contributed by atoms with Gasteiger partial charge in [0.05, 0.1) is 6.61 Å². The number of alkyl halides is 2. The third-order valence-electron chi connectivity index (χ3n) is 1.75. The van der Waals surface area contributed by atoms with E-state index in [0.29, 0.717) is 6.29 Å². The molecular weight excluding hydrogens is 234 g/mol. The van der Waals surface area contributed by atoms with Crippen molar-refractivity contribution in [1.29, 1.82) is 0 Å². The molecule has 0 bridgehead atoms. The number of benzene rings is 1. The van der Waals surface area contributed by atoms with Crippen LogP contribution in [0.1, 0.15) is 17.3 Å². The number of aldehydes is 1. The maximum absolute atomic E-state index is 13.1. The second-order valence-corrected chi connectivity index (χ2v) is 3.03. The summed E-state index contributed by atoms with van der Waals surface area (Å²) in [6.45, 7) is 1.23. The predicted molar refractivity (Wildman–Crippen MR) is 54.0 cm³/mol. The molecule has 0 saturated heterocycles. The van der Waals surface area contributed by atoms with Gasteiger partial charge < -0.3 is 9.47 Å². The fraction of sp³-hybridized carbons (Fsp3) is 0.273. The molecular formula is C11H10F2O4. The number of hydrogen-bond acceptors (Lipinski definition) is 4. The zero-order valence-corrected chi connectivity index (χ0v) is 8.98. The van der Waals surface area contributed by atoms with Gasteiger partial charge in [-0.3, -0.25) is 4.79 Å². The van der Waals surface area contributed by atoms with Crippen molar-refractivity contribution >= 4 is 12.3 Å². The summed E-state index contributed by atoms with van der Waals surface area (Å²) in [5, 5.41) is 0. The SMILES string of the molecule is CCOC(=O)C(F)(F)Oc1cccc(C=O)c1. The number of halogens is 2. The summed E-state index contributed by atoms with van der Waals surface area (Å²) < 4.78 is 34.6. The molecule has 92 valence electrons. The third-order valence-corrected chi connectivity index (χ3v) is 1.75. The molecule has 0 saturated carbocycles. The van der Waals surface area contributed by atoms with E-state index in [9.17, 15) is 18.4 Å². The van der Waals surface area contributed by atoms with Crippen molar-refractivity contribution in [2.45, 2.75) is 13.0 Å². The van der Waals surface area contributed by atoms with E-state index in [0.717, 1.165) is 6.07 Å². The van der Waals surface area contributed by atoms with E-state index >= 15 is 0 Å². The van der Waals surface area contributed by atoms with Crippen LogP contribution in [0.3, 0.4) is 0 Å². The Morgan fingerprint density at radius 3 is 2.76 bits per heavy atom. The molecule has 1 rings (SSSR count). The second kappa shape index (κ2) is 5.38. The van der Waals surface area contributed by atoms with Crippen LogP contribution >= 0.6 is 0 Å². The molecule has 1 aromatic rings. The number of esters is 1. The number of carbonyl (C=O) groups excluding carboxylic acids is 2. The first-order chi connectivity index (χ1) is 7.99. The van der Waals surface area contributed by atoms with Crippen LogP contribution < -0.4 is 4.74 Å². The number of ether oxygens (including phenoxy) is 2. The monoisotopic (exact) mass is 244 g/mol. The van der Waals surface area contributed by atoms with E-state index in [2.05, 4.69) is 9.47 Å². The molecule has 0 aromatic heterocycles. The van der Waals surface area contributed by atoms with Gasteiger partial charge in [0, 0.05) is 5.56 Å². The van der Waals surface area contributed by atoms with Crippen molar-refractivity contribution in [2.75, 3.05) is 6.61 Å². The van der Waals surface area contributed by atoms with Crippen LogP contribution in [-0.4, -0.2) is 25.0 Å². The topological polar surface area (TPSA) is 52.6 Å². The van der Waals surface area contributed by atoms with Gasteiger partial charge in [0.15, 0.2) is 0 Å². The highest BCUT2D eigenvalue weighted by molar-refractivity contribution is 5.77. The van der Waals surface area contributed by atoms with Crippen molar-refractivity contribution in [2.24, 2.45) is 0 Å². The van der Waals surface area contributed by atoms with Crippen LogP contribution in [0.4, 0.5) is 8.78 Å². The summed E-state index contributed by atoms with van der Waals surface area (Å²) in [6.07, 6.45) is -3.59. The molecule has 0 atom stereocenters. The lowest BCUT2D eigenvalue weighted by atomic mass is 10.2. The summed E-state index contributed by atoms with van der Waals surface area (Å²) in [4.78, 5) is 21.3. The normalized spacial score (nSPS) is 10.8. The van der Waals surface area contributed by atoms with Crippen LogP contribution in [0.25, 0.3) is 0 Å². The van der Waals surface area contributed by atoms with Gasteiger partial charge in [-0.15, -0.1) is 0 Å². The summed E-state index contributed by atoms with van der Waals surface area (Å²) in [5.41, 5.74) is 0.169. The van der Waals surface area contributed by atoms with Gasteiger partial charge in [-0.25, -0.2) is 4.79 Å². The zero-order chi connectivity index (χ0) is 12.9. The van der Waals surface area contributed by atoms with E-state index in [4.69, 9.17) is 0 Å². The molecule has 0 amide bonds. The average molecular weight is 244 g/mol. The first-order valence-electron chi connectivity index (χ1n) is 4.79. The minimum atomic E-state index is -4.07. The molecule has 0 heterocycles. The van der Waals surface area contributed by atoms with Crippen molar-refractivity contribution in [3.63, 3.8) is 0 Å². The maximum Gasteiger partial charge on any atom is 0.502 e. The van der Waals surface area contributed by atoms with Gasteiger partial charge in [-0.1, -0.05) is 12.1 Å². The second-order valence-electron chi connectivity index (χ2n) is 3.03. The van der Waals surface area contributed by atoms with Gasteiger partial charge in [0.25, 0.3) is 0 Å². The van der Waals surface area contributed by atoms with Gasteiger partial charge >= 0.3 is 12.1 Å². The van der Waals surface area contributed by atoms with Gasteiger partial charge in [0.1, 0.15) is 12.0 Å². The minimum absolute atomic E-state index is 0.169. The lowest BCUT2D eigenvalue weighted by Crippen LogP contribution is -2.36. The number of carbonyl (C=O) groups is 2. The predicted octanol–water partition coefficient (Wildman–Crippen LogP) is 2.03. The Labute approximate surface area is 96.1 Å². The summed E-state index contributed by atoms with van der Waals surface area (Å²) in [7, 11) is 0. The fourth-order valence-electron chi connectivity index (χ4n) is 1.06. The van der Waals surface area contributed by atoms with Crippen LogP contribution in [-0.2, 0) is 9.53 Å². The van der Waals surface area contributed by atoms with E-state index in [1.54, 1.807) is 0 Å². The summed E-state index contributed by atoms with van der Waals surface area (Å²) >= 11 is 0. The van der Waals surface area contributed by atoms with E-state index in [-0.39, 0.29) is 17.9 Å². The largest absolute Gasteiger partial charge is 0.502 e. The van der Waals surface area contributed by atoms with Crippen LogP contribution in [0.15, 0.2) is 24.3 Å². The first-order valence-corrected chi connectivity index (χ1v) is 4.79. The van der Waals surface area contributed by atoms with Gasteiger partial charge in [-0.05, 0) is 19.1 Å². The van der Waals surface area contributed by atoms with E-state index in [1.807, 2.05) is 0 Å². The Balaban J connectivity index is 2.81. The van der Waals surface area contributed by atoms with E-state index in [1.165, 1.54) is 25.1 Å². The van der Waals surface area contributed by atoms with Crippen LogP contribution in [0, 0.1) is 0 Å². The van der Waals surface area contributed by atoms with Crippen LogP contribution in [0.5, 0.6) is 5.75 Å². The molecule has 17 heavy (non-hydrogen) atoms. The molecule has 6 heteroatoms. The molecule has 0 unspecified atom stereocenters. The molecule has 0 aliphatic rings. The van der Waals surface area contributed by atoms with Crippen molar-refractivity contribution in [3.05, 3.63) is 29.8 Å². The Bertz CT molecular complexity index is 418. The molecule has 0 aliphatic heterocycles. The molecule has 0 N–H and O–H groups in total. The molecule has 0 aliphatic carbocycles. The smallest absolute Gasteiger partial charge is 0.459 e. The fourth-order valence-corrected chi connectivity index (χ4v) is 1.06.